The average molecular weight is 454 g/mol. The molecule has 0 spiro atoms. The maximum atomic E-state index is 12.4. The number of hydrogen-bond donors (Lipinski definition) is 1. The van der Waals surface area contributed by atoms with Gasteiger partial charge in [0.05, 0.1) is 12.7 Å². The molecule has 0 bridgehead atoms. The van der Waals surface area contributed by atoms with Gasteiger partial charge in [0.2, 0.25) is 23.5 Å². The van der Waals surface area contributed by atoms with Crippen molar-refractivity contribution in [1.29, 1.82) is 0 Å². The molecule has 0 atom stereocenters. The van der Waals surface area contributed by atoms with Crippen LogP contribution in [0.3, 0.4) is 0 Å². The van der Waals surface area contributed by atoms with E-state index in [2.05, 4.69) is 20.4 Å². The first-order chi connectivity index (χ1) is 16.6. The highest BCUT2D eigenvalue weighted by atomic mass is 16.5. The van der Waals surface area contributed by atoms with Crippen LogP contribution in [0.15, 0.2) is 75.7 Å². The predicted molar refractivity (Wildman–Crippen MR) is 127 cm³/mol. The number of hydrogen-bond acceptors (Lipinski definition) is 7. The van der Waals surface area contributed by atoms with E-state index in [1.807, 2.05) is 73.7 Å². The fraction of sp³-hybridized carbons (Fsp3) is 0.154. The molecule has 170 valence electrons. The summed E-state index contributed by atoms with van der Waals surface area (Å²) in [5.41, 5.74) is 4.94. The minimum absolute atomic E-state index is 0.151. The number of aryl methyl sites for hydroxylation is 2. The summed E-state index contributed by atoms with van der Waals surface area (Å²) >= 11 is 0. The van der Waals surface area contributed by atoms with E-state index in [1.54, 1.807) is 7.11 Å². The molecule has 0 radical (unpaired) electrons. The van der Waals surface area contributed by atoms with Crippen LogP contribution in [-0.4, -0.2) is 28.1 Å². The van der Waals surface area contributed by atoms with E-state index in [0.29, 0.717) is 35.5 Å². The zero-order chi connectivity index (χ0) is 23.5. The topological polar surface area (TPSA) is 103 Å². The van der Waals surface area contributed by atoms with Gasteiger partial charge in [-0.25, -0.2) is 4.98 Å². The third-order valence-corrected chi connectivity index (χ3v) is 5.34. The van der Waals surface area contributed by atoms with Gasteiger partial charge in [-0.15, -0.1) is 0 Å². The summed E-state index contributed by atoms with van der Waals surface area (Å²) in [7, 11) is 1.59. The van der Waals surface area contributed by atoms with Crippen LogP contribution in [0, 0.1) is 6.92 Å². The monoisotopic (exact) mass is 454 g/mol. The minimum atomic E-state index is -0.151. The Morgan fingerprint density at radius 1 is 1.03 bits per heavy atom. The number of nitrogens with zero attached hydrogens (tertiary/aromatic N) is 3. The Balaban J connectivity index is 1.19. The van der Waals surface area contributed by atoms with Gasteiger partial charge in [-0.3, -0.25) is 4.79 Å². The highest BCUT2D eigenvalue weighted by Crippen LogP contribution is 2.28. The molecule has 0 saturated heterocycles. The van der Waals surface area contributed by atoms with Crippen molar-refractivity contribution >= 4 is 22.7 Å². The largest absolute Gasteiger partial charge is 0.496 e. The number of carbonyl (C=O) groups is 1. The highest BCUT2D eigenvalue weighted by Gasteiger charge is 2.14. The molecule has 5 aromatic rings. The molecule has 5 rings (SSSR count). The lowest BCUT2D eigenvalue weighted by atomic mass is 10.2. The number of para-hydroxylation sites is 1. The number of carbonyl (C=O) groups excluding carboxylic acids is 1. The van der Waals surface area contributed by atoms with Gasteiger partial charge in [-0.2, -0.15) is 4.98 Å². The number of nitrogens with one attached hydrogen (secondary N) is 1. The number of methoxy groups -OCH3 is 1. The number of rotatable bonds is 7. The Morgan fingerprint density at radius 2 is 1.85 bits per heavy atom. The minimum Gasteiger partial charge on any atom is -0.496 e. The van der Waals surface area contributed by atoms with Crippen LogP contribution < -0.4 is 10.1 Å². The van der Waals surface area contributed by atoms with Gasteiger partial charge < -0.3 is 19.0 Å². The SMILES string of the molecule is COc1ccccc1-c1noc(CCC(=O)Nc2ccc(-c3nc4cc(C)ccc4o3)cc2)n1. The molecule has 1 amide bonds. The fourth-order valence-corrected chi connectivity index (χ4v) is 3.60. The van der Waals surface area contributed by atoms with Gasteiger partial charge in [0.25, 0.3) is 0 Å². The van der Waals surface area contributed by atoms with Crippen molar-refractivity contribution in [1.82, 2.24) is 15.1 Å². The Labute approximate surface area is 195 Å². The van der Waals surface area contributed by atoms with Gasteiger partial charge >= 0.3 is 0 Å². The Morgan fingerprint density at radius 3 is 2.68 bits per heavy atom. The van der Waals surface area contributed by atoms with E-state index in [4.69, 9.17) is 13.7 Å². The molecule has 3 aromatic carbocycles. The molecule has 1 N–H and O–H groups in total. The average Bonchev–Trinajstić information content (AvgIpc) is 3.50. The zero-order valence-electron chi connectivity index (χ0n) is 18.7. The quantitative estimate of drug-likeness (QED) is 0.349. The Kier molecular flexibility index (Phi) is 5.78. The van der Waals surface area contributed by atoms with E-state index < -0.39 is 0 Å². The Hall–Kier alpha value is -4.46. The van der Waals surface area contributed by atoms with Gasteiger partial charge in [0.15, 0.2) is 5.58 Å². The van der Waals surface area contributed by atoms with Gasteiger partial charge in [-0.05, 0) is 61.0 Å². The molecule has 2 aromatic heterocycles. The van der Waals surface area contributed by atoms with Crippen LogP contribution in [0.5, 0.6) is 5.75 Å². The highest BCUT2D eigenvalue weighted by molar-refractivity contribution is 5.91. The number of aromatic nitrogens is 3. The van der Waals surface area contributed by atoms with Crippen molar-refractivity contribution in [3.63, 3.8) is 0 Å². The third-order valence-electron chi connectivity index (χ3n) is 5.34. The van der Waals surface area contributed by atoms with Gasteiger partial charge in [-0.1, -0.05) is 23.4 Å². The van der Waals surface area contributed by atoms with E-state index in [0.717, 1.165) is 27.8 Å². The summed E-state index contributed by atoms with van der Waals surface area (Å²) < 4.78 is 16.5. The third kappa shape index (κ3) is 4.52. The standard InChI is InChI=1S/C26H22N4O4/c1-16-7-12-22-20(15-16)28-26(33-22)17-8-10-18(11-9-17)27-23(31)13-14-24-29-25(30-34-24)19-5-3-4-6-21(19)32-2/h3-12,15H,13-14H2,1-2H3,(H,27,31). The molecule has 34 heavy (non-hydrogen) atoms. The fourth-order valence-electron chi connectivity index (χ4n) is 3.60. The summed E-state index contributed by atoms with van der Waals surface area (Å²) in [4.78, 5) is 21.3. The number of anilines is 1. The lowest BCUT2D eigenvalue weighted by Crippen LogP contribution is -2.12. The van der Waals surface area contributed by atoms with Crippen molar-refractivity contribution in [2.75, 3.05) is 12.4 Å². The smallest absolute Gasteiger partial charge is 0.227 e. The van der Waals surface area contributed by atoms with Crippen LogP contribution in [0.2, 0.25) is 0 Å². The van der Waals surface area contributed by atoms with Crippen molar-refractivity contribution < 1.29 is 18.5 Å². The lowest BCUT2D eigenvalue weighted by Gasteiger charge is -2.05. The zero-order valence-corrected chi connectivity index (χ0v) is 18.7. The number of fused-ring (bicyclic) bond motifs is 1. The summed E-state index contributed by atoms with van der Waals surface area (Å²) in [6, 6.07) is 20.7. The van der Waals surface area contributed by atoms with Crippen LogP contribution in [0.1, 0.15) is 17.9 Å². The number of ether oxygens (including phenoxy) is 1. The van der Waals surface area contributed by atoms with Gasteiger partial charge in [0, 0.05) is 24.1 Å². The summed E-state index contributed by atoms with van der Waals surface area (Å²) in [5.74, 6) is 1.86. The summed E-state index contributed by atoms with van der Waals surface area (Å²) in [6.45, 7) is 2.02. The summed E-state index contributed by atoms with van der Waals surface area (Å²) in [5, 5.41) is 6.89. The van der Waals surface area contributed by atoms with Crippen molar-refractivity contribution in [3.05, 3.63) is 78.2 Å². The number of amides is 1. The molecule has 0 aliphatic rings. The molecule has 2 heterocycles. The van der Waals surface area contributed by atoms with Crippen LogP contribution in [0.25, 0.3) is 33.9 Å². The maximum absolute atomic E-state index is 12.4. The van der Waals surface area contributed by atoms with Crippen LogP contribution in [0.4, 0.5) is 5.69 Å². The first-order valence-electron chi connectivity index (χ1n) is 10.8. The first-order valence-corrected chi connectivity index (χ1v) is 10.8. The molecule has 0 aliphatic carbocycles. The van der Waals surface area contributed by atoms with Crippen molar-refractivity contribution in [2.45, 2.75) is 19.8 Å². The van der Waals surface area contributed by atoms with Crippen molar-refractivity contribution in [2.24, 2.45) is 0 Å². The number of oxazole rings is 1. The predicted octanol–water partition coefficient (Wildman–Crippen LogP) is 5.43. The van der Waals surface area contributed by atoms with E-state index in [-0.39, 0.29) is 12.3 Å². The molecule has 0 unspecified atom stereocenters. The van der Waals surface area contributed by atoms with Crippen LogP contribution >= 0.6 is 0 Å². The second-order valence-electron chi connectivity index (χ2n) is 7.83. The molecular formula is C26H22N4O4. The molecular weight excluding hydrogens is 432 g/mol. The number of benzene rings is 3. The van der Waals surface area contributed by atoms with Crippen LogP contribution in [-0.2, 0) is 11.2 Å². The summed E-state index contributed by atoms with van der Waals surface area (Å²) in [6.07, 6.45) is 0.536. The second kappa shape index (κ2) is 9.19. The van der Waals surface area contributed by atoms with Crippen molar-refractivity contribution in [3.8, 4) is 28.6 Å². The van der Waals surface area contributed by atoms with E-state index in [1.165, 1.54) is 0 Å². The maximum Gasteiger partial charge on any atom is 0.227 e. The molecule has 8 nitrogen and oxygen atoms in total. The van der Waals surface area contributed by atoms with E-state index in [9.17, 15) is 4.79 Å². The molecule has 0 saturated carbocycles. The normalized spacial score (nSPS) is 11.0. The first kappa shape index (κ1) is 21.4. The molecule has 0 fully saturated rings. The second-order valence-corrected chi connectivity index (χ2v) is 7.83. The Bertz CT molecular complexity index is 1450. The molecule has 0 aliphatic heterocycles. The van der Waals surface area contributed by atoms with E-state index >= 15 is 0 Å². The lowest BCUT2D eigenvalue weighted by molar-refractivity contribution is -0.116. The van der Waals surface area contributed by atoms with Gasteiger partial charge in [0.1, 0.15) is 11.3 Å². The molecule has 8 heteroatoms.